The van der Waals surface area contributed by atoms with Crippen molar-refractivity contribution in [2.24, 2.45) is 0 Å². The molecule has 0 radical (unpaired) electrons. The summed E-state index contributed by atoms with van der Waals surface area (Å²) in [7, 11) is 0. The second kappa shape index (κ2) is 4.01. The van der Waals surface area contributed by atoms with Crippen molar-refractivity contribution in [3.63, 3.8) is 0 Å². The van der Waals surface area contributed by atoms with E-state index in [1.54, 1.807) is 12.1 Å². The van der Waals surface area contributed by atoms with E-state index in [-0.39, 0.29) is 5.92 Å². The highest BCUT2D eigenvalue weighted by atomic mass is 16.3. The van der Waals surface area contributed by atoms with Gasteiger partial charge < -0.3 is 10.2 Å². The van der Waals surface area contributed by atoms with E-state index < -0.39 is 0 Å². The van der Waals surface area contributed by atoms with Crippen molar-refractivity contribution in [3.8, 4) is 11.5 Å². The molecule has 98 valence electrons. The van der Waals surface area contributed by atoms with Crippen LogP contribution >= 0.6 is 0 Å². The summed E-state index contributed by atoms with van der Waals surface area (Å²) < 4.78 is 0. The molecular weight excluding hydrogens is 248 g/mol. The first kappa shape index (κ1) is 11.4. The predicted molar refractivity (Wildman–Crippen MR) is 79.8 cm³/mol. The lowest BCUT2D eigenvalue weighted by Gasteiger charge is -2.16. The summed E-state index contributed by atoms with van der Waals surface area (Å²) in [6.07, 6.45) is 9.20. The number of benzene rings is 2. The van der Waals surface area contributed by atoms with E-state index in [1.807, 2.05) is 18.2 Å². The maximum atomic E-state index is 9.94. The van der Waals surface area contributed by atoms with Crippen LogP contribution in [0.3, 0.4) is 0 Å². The van der Waals surface area contributed by atoms with Crippen LogP contribution in [-0.4, -0.2) is 10.2 Å². The molecule has 2 heteroatoms. The van der Waals surface area contributed by atoms with E-state index in [1.165, 1.54) is 5.56 Å². The zero-order valence-corrected chi connectivity index (χ0v) is 10.9. The monoisotopic (exact) mass is 262 g/mol. The first-order chi connectivity index (χ1) is 9.74. The minimum absolute atomic E-state index is 0.147. The summed E-state index contributed by atoms with van der Waals surface area (Å²) in [4.78, 5) is 0. The largest absolute Gasteiger partial charge is 0.508 e. The van der Waals surface area contributed by atoms with Crippen LogP contribution in [0.25, 0.3) is 12.2 Å². The normalized spacial score (nSPS) is 18.3. The molecular formula is C18H14O2. The maximum Gasteiger partial charge on any atom is 0.119 e. The van der Waals surface area contributed by atoms with Crippen LogP contribution in [0.5, 0.6) is 11.5 Å². The number of aromatic hydroxyl groups is 2. The molecule has 0 bridgehead atoms. The van der Waals surface area contributed by atoms with Crippen molar-refractivity contribution >= 4 is 12.2 Å². The summed E-state index contributed by atoms with van der Waals surface area (Å²) in [6, 6.07) is 9.25. The Kier molecular flexibility index (Phi) is 2.27. The predicted octanol–water partition coefficient (Wildman–Crippen LogP) is 3.83. The summed E-state index contributed by atoms with van der Waals surface area (Å²) in [5.74, 6) is 0.810. The average Bonchev–Trinajstić information content (AvgIpc) is 3.06. The van der Waals surface area contributed by atoms with Crippen LogP contribution in [0.1, 0.15) is 33.7 Å². The molecule has 1 atom stereocenters. The van der Waals surface area contributed by atoms with Crippen molar-refractivity contribution in [2.75, 3.05) is 0 Å². The van der Waals surface area contributed by atoms with Crippen molar-refractivity contribution in [3.05, 3.63) is 70.3 Å². The molecule has 4 rings (SSSR count). The minimum atomic E-state index is 0.147. The van der Waals surface area contributed by atoms with Crippen LogP contribution < -0.4 is 0 Å². The van der Waals surface area contributed by atoms with Gasteiger partial charge in [-0.1, -0.05) is 36.4 Å². The molecule has 2 aromatic rings. The van der Waals surface area contributed by atoms with Gasteiger partial charge >= 0.3 is 0 Å². The van der Waals surface area contributed by atoms with E-state index in [4.69, 9.17) is 0 Å². The first-order valence-corrected chi connectivity index (χ1v) is 6.76. The second-order valence-corrected chi connectivity index (χ2v) is 5.32. The number of hydrogen-bond acceptors (Lipinski definition) is 2. The molecule has 0 heterocycles. The van der Waals surface area contributed by atoms with Gasteiger partial charge in [-0.15, -0.1) is 0 Å². The molecule has 0 aliphatic heterocycles. The molecule has 0 fully saturated rings. The summed E-state index contributed by atoms with van der Waals surface area (Å²) in [5.41, 5.74) is 5.59. The Labute approximate surface area is 117 Å². The lowest BCUT2D eigenvalue weighted by atomic mass is 9.88. The first-order valence-electron chi connectivity index (χ1n) is 6.76. The Morgan fingerprint density at radius 2 is 1.85 bits per heavy atom. The van der Waals surface area contributed by atoms with Gasteiger partial charge in [0.1, 0.15) is 11.5 Å². The lowest BCUT2D eigenvalue weighted by Crippen LogP contribution is -2.00. The van der Waals surface area contributed by atoms with Crippen molar-refractivity contribution in [1.82, 2.24) is 0 Å². The van der Waals surface area contributed by atoms with E-state index in [2.05, 4.69) is 24.3 Å². The smallest absolute Gasteiger partial charge is 0.119 e. The van der Waals surface area contributed by atoms with E-state index in [9.17, 15) is 10.2 Å². The third kappa shape index (κ3) is 1.51. The number of phenolic OH excluding ortho intramolecular Hbond substituents is 2. The third-order valence-corrected chi connectivity index (χ3v) is 4.18. The van der Waals surface area contributed by atoms with Gasteiger partial charge in [0.15, 0.2) is 0 Å². The van der Waals surface area contributed by atoms with E-state index in [0.29, 0.717) is 11.5 Å². The number of hydrogen-bond donors (Lipinski definition) is 2. The van der Waals surface area contributed by atoms with Gasteiger partial charge in [0.05, 0.1) is 0 Å². The molecule has 1 unspecified atom stereocenters. The van der Waals surface area contributed by atoms with E-state index >= 15 is 0 Å². The van der Waals surface area contributed by atoms with Gasteiger partial charge in [0.25, 0.3) is 0 Å². The van der Waals surface area contributed by atoms with Crippen LogP contribution in [-0.2, 0) is 6.42 Å². The number of rotatable bonds is 1. The Hall–Kier alpha value is -2.48. The lowest BCUT2D eigenvalue weighted by molar-refractivity contribution is 0.469. The molecule has 0 saturated heterocycles. The topological polar surface area (TPSA) is 40.5 Å². The third-order valence-electron chi connectivity index (χ3n) is 4.18. The fraction of sp³-hybridized carbons (Fsp3) is 0.111. The number of fused-ring (bicyclic) bond motifs is 2. The highest BCUT2D eigenvalue weighted by molar-refractivity contribution is 5.73. The molecule has 0 spiro atoms. The minimum Gasteiger partial charge on any atom is -0.508 e. The van der Waals surface area contributed by atoms with Gasteiger partial charge in [-0.3, -0.25) is 0 Å². The molecule has 0 saturated carbocycles. The van der Waals surface area contributed by atoms with E-state index in [0.717, 1.165) is 28.7 Å². The molecule has 2 aliphatic carbocycles. The molecule has 2 nitrogen and oxygen atoms in total. The van der Waals surface area contributed by atoms with Gasteiger partial charge in [-0.2, -0.15) is 0 Å². The Morgan fingerprint density at radius 1 is 0.950 bits per heavy atom. The van der Waals surface area contributed by atoms with Gasteiger partial charge in [-0.25, -0.2) is 0 Å². The number of allylic oxidation sites excluding steroid dienone is 2. The quantitative estimate of drug-likeness (QED) is 0.820. The van der Waals surface area contributed by atoms with Crippen LogP contribution in [0.15, 0.2) is 42.5 Å². The molecule has 0 amide bonds. The Balaban J connectivity index is 1.90. The van der Waals surface area contributed by atoms with Crippen molar-refractivity contribution in [1.29, 1.82) is 0 Å². The zero-order chi connectivity index (χ0) is 13.7. The SMILES string of the molecule is Oc1ccc2c(c1)C(c1ccc(O)c3c1C=CC3)C=C2. The van der Waals surface area contributed by atoms with Crippen LogP contribution in [0.2, 0.25) is 0 Å². The summed E-state index contributed by atoms with van der Waals surface area (Å²) in [5, 5.41) is 19.7. The maximum absolute atomic E-state index is 9.94. The molecule has 0 aromatic heterocycles. The fourth-order valence-corrected chi connectivity index (χ4v) is 3.21. The molecule has 2 N–H and O–H groups in total. The standard InChI is InChI=1S/C18H14O2/c19-12-6-4-11-5-7-15(17(11)10-12)14-8-9-18(20)16-3-1-2-13(14)16/h1-2,4-10,15,19-20H,3H2. The van der Waals surface area contributed by atoms with Crippen molar-refractivity contribution in [2.45, 2.75) is 12.3 Å². The molecule has 2 aromatic carbocycles. The number of phenols is 2. The summed E-state index contributed by atoms with van der Waals surface area (Å²) >= 11 is 0. The average molecular weight is 262 g/mol. The van der Waals surface area contributed by atoms with Crippen LogP contribution in [0.4, 0.5) is 0 Å². The van der Waals surface area contributed by atoms with Crippen LogP contribution in [0, 0.1) is 0 Å². The van der Waals surface area contributed by atoms with Gasteiger partial charge in [0, 0.05) is 11.5 Å². The van der Waals surface area contributed by atoms with Gasteiger partial charge in [0.2, 0.25) is 0 Å². The van der Waals surface area contributed by atoms with Gasteiger partial charge in [-0.05, 0) is 46.9 Å². The van der Waals surface area contributed by atoms with Crippen molar-refractivity contribution < 1.29 is 10.2 Å². The Bertz CT molecular complexity index is 769. The molecule has 2 aliphatic rings. The fourth-order valence-electron chi connectivity index (χ4n) is 3.21. The molecule has 20 heavy (non-hydrogen) atoms. The summed E-state index contributed by atoms with van der Waals surface area (Å²) in [6.45, 7) is 0. The highest BCUT2D eigenvalue weighted by Crippen LogP contribution is 2.42. The second-order valence-electron chi connectivity index (χ2n) is 5.32. The zero-order valence-electron chi connectivity index (χ0n) is 10.9. The Morgan fingerprint density at radius 3 is 2.75 bits per heavy atom. The highest BCUT2D eigenvalue weighted by Gasteiger charge is 2.24.